The summed E-state index contributed by atoms with van der Waals surface area (Å²) in [5.41, 5.74) is 6.15. The SMILES string of the molecule is NC1CCCCC1N1C(=O)CC2(CCCCC2)CC1=O. The Labute approximate surface area is 121 Å². The minimum atomic E-state index is -0.0373. The van der Waals surface area contributed by atoms with Gasteiger partial charge in [-0.1, -0.05) is 32.1 Å². The van der Waals surface area contributed by atoms with Crippen LogP contribution < -0.4 is 5.73 Å². The van der Waals surface area contributed by atoms with Crippen molar-refractivity contribution in [2.45, 2.75) is 82.7 Å². The van der Waals surface area contributed by atoms with Crippen LogP contribution in [0.25, 0.3) is 0 Å². The van der Waals surface area contributed by atoms with Gasteiger partial charge < -0.3 is 5.73 Å². The smallest absolute Gasteiger partial charge is 0.230 e. The summed E-state index contributed by atoms with van der Waals surface area (Å²) in [6.07, 6.45) is 10.9. The van der Waals surface area contributed by atoms with Crippen molar-refractivity contribution in [1.29, 1.82) is 0 Å². The molecule has 0 radical (unpaired) electrons. The highest BCUT2D eigenvalue weighted by Gasteiger charge is 2.47. The molecule has 3 aliphatic rings. The zero-order valence-electron chi connectivity index (χ0n) is 12.3. The van der Waals surface area contributed by atoms with E-state index in [2.05, 4.69) is 0 Å². The third kappa shape index (κ3) is 2.50. The van der Waals surface area contributed by atoms with Gasteiger partial charge in [-0.2, -0.15) is 0 Å². The van der Waals surface area contributed by atoms with Gasteiger partial charge in [0.25, 0.3) is 0 Å². The van der Waals surface area contributed by atoms with Gasteiger partial charge >= 0.3 is 0 Å². The molecule has 2 aliphatic carbocycles. The lowest BCUT2D eigenvalue weighted by atomic mass is 9.67. The van der Waals surface area contributed by atoms with E-state index in [1.54, 1.807) is 4.90 Å². The van der Waals surface area contributed by atoms with E-state index in [1.165, 1.54) is 19.3 Å². The van der Waals surface area contributed by atoms with Crippen molar-refractivity contribution in [3.8, 4) is 0 Å². The number of rotatable bonds is 1. The van der Waals surface area contributed by atoms with Crippen LogP contribution in [0.4, 0.5) is 0 Å². The molecule has 112 valence electrons. The van der Waals surface area contributed by atoms with Crippen molar-refractivity contribution < 1.29 is 9.59 Å². The van der Waals surface area contributed by atoms with Crippen LogP contribution in [0.15, 0.2) is 0 Å². The summed E-state index contributed by atoms with van der Waals surface area (Å²) in [5, 5.41) is 0. The van der Waals surface area contributed by atoms with Gasteiger partial charge in [-0.25, -0.2) is 0 Å². The second-order valence-electron chi connectivity index (χ2n) is 7.09. The highest BCUT2D eigenvalue weighted by atomic mass is 16.2. The molecule has 2 atom stereocenters. The molecule has 2 amide bonds. The van der Waals surface area contributed by atoms with Gasteiger partial charge in [0, 0.05) is 18.9 Å². The van der Waals surface area contributed by atoms with Crippen LogP contribution in [0, 0.1) is 5.41 Å². The van der Waals surface area contributed by atoms with Crippen molar-refractivity contribution in [1.82, 2.24) is 4.90 Å². The summed E-state index contributed by atoms with van der Waals surface area (Å²) in [6.45, 7) is 0. The van der Waals surface area contributed by atoms with Gasteiger partial charge in [0.15, 0.2) is 0 Å². The first-order valence-corrected chi connectivity index (χ1v) is 8.22. The third-order valence-corrected chi connectivity index (χ3v) is 5.62. The van der Waals surface area contributed by atoms with Gasteiger partial charge in [0.2, 0.25) is 11.8 Å². The number of imide groups is 1. The Bertz CT molecular complexity index is 381. The third-order valence-electron chi connectivity index (χ3n) is 5.62. The molecule has 1 spiro atoms. The Hall–Kier alpha value is -0.900. The Morgan fingerprint density at radius 2 is 1.50 bits per heavy atom. The van der Waals surface area contributed by atoms with Gasteiger partial charge in [0.1, 0.15) is 0 Å². The van der Waals surface area contributed by atoms with Crippen LogP contribution in [0.2, 0.25) is 0 Å². The van der Waals surface area contributed by atoms with E-state index < -0.39 is 0 Å². The maximum atomic E-state index is 12.6. The summed E-state index contributed by atoms with van der Waals surface area (Å²) in [4.78, 5) is 26.7. The number of carbonyl (C=O) groups excluding carboxylic acids is 2. The van der Waals surface area contributed by atoms with Gasteiger partial charge in [-0.3, -0.25) is 14.5 Å². The Kier molecular flexibility index (Phi) is 3.85. The summed E-state index contributed by atoms with van der Waals surface area (Å²) in [7, 11) is 0. The molecule has 0 aromatic heterocycles. The highest BCUT2D eigenvalue weighted by molar-refractivity contribution is 5.99. The van der Waals surface area contributed by atoms with Crippen LogP contribution in [-0.2, 0) is 9.59 Å². The number of amides is 2. The fourth-order valence-electron chi connectivity index (χ4n) is 4.50. The molecule has 0 aromatic carbocycles. The van der Waals surface area contributed by atoms with Crippen LogP contribution in [-0.4, -0.2) is 28.8 Å². The van der Waals surface area contributed by atoms with Crippen molar-refractivity contribution >= 4 is 11.8 Å². The average Bonchev–Trinajstić information content (AvgIpc) is 2.41. The number of nitrogens with two attached hydrogens (primary N) is 1. The normalized spacial score (nSPS) is 34.5. The summed E-state index contributed by atoms with van der Waals surface area (Å²) in [6, 6.07) is -0.0539. The molecule has 20 heavy (non-hydrogen) atoms. The maximum absolute atomic E-state index is 12.6. The quantitative estimate of drug-likeness (QED) is 0.749. The zero-order valence-corrected chi connectivity index (χ0v) is 12.3. The van der Waals surface area contributed by atoms with E-state index in [0.717, 1.165) is 38.5 Å². The van der Waals surface area contributed by atoms with Crippen LogP contribution in [0.3, 0.4) is 0 Å². The van der Waals surface area contributed by atoms with E-state index in [1.807, 2.05) is 0 Å². The fraction of sp³-hybridized carbons (Fsp3) is 0.875. The highest BCUT2D eigenvalue weighted by Crippen LogP contribution is 2.46. The zero-order chi connectivity index (χ0) is 14.2. The minimum Gasteiger partial charge on any atom is -0.326 e. The largest absolute Gasteiger partial charge is 0.326 e. The molecule has 1 heterocycles. The predicted octanol–water partition coefficient (Wildman–Crippen LogP) is 2.36. The molecule has 2 saturated carbocycles. The lowest BCUT2D eigenvalue weighted by Crippen LogP contribution is -2.58. The molecule has 1 aliphatic heterocycles. The maximum Gasteiger partial charge on any atom is 0.230 e. The molecule has 0 bridgehead atoms. The standard InChI is InChI=1S/C16H26N2O2/c17-12-6-2-3-7-13(12)18-14(19)10-16(11-15(18)20)8-4-1-5-9-16/h12-13H,1-11,17H2. The van der Waals surface area contributed by atoms with Crippen LogP contribution >= 0.6 is 0 Å². The molecule has 1 saturated heterocycles. The number of carbonyl (C=O) groups is 2. The first kappa shape index (κ1) is 14.1. The Morgan fingerprint density at radius 3 is 2.10 bits per heavy atom. The van der Waals surface area contributed by atoms with Gasteiger partial charge in [0.05, 0.1) is 6.04 Å². The molecule has 3 rings (SSSR count). The fourth-order valence-corrected chi connectivity index (χ4v) is 4.50. The van der Waals surface area contributed by atoms with E-state index in [9.17, 15) is 9.59 Å². The molecular formula is C16H26N2O2. The van der Waals surface area contributed by atoms with E-state index in [4.69, 9.17) is 5.73 Å². The summed E-state index contributed by atoms with van der Waals surface area (Å²) >= 11 is 0. The number of nitrogens with zero attached hydrogens (tertiary/aromatic N) is 1. The van der Waals surface area contributed by atoms with Crippen molar-refractivity contribution in [2.75, 3.05) is 0 Å². The van der Waals surface area contributed by atoms with E-state index >= 15 is 0 Å². The molecule has 2 unspecified atom stereocenters. The van der Waals surface area contributed by atoms with Gasteiger partial charge in [-0.15, -0.1) is 0 Å². The molecule has 4 nitrogen and oxygen atoms in total. The average molecular weight is 278 g/mol. The van der Waals surface area contributed by atoms with E-state index in [0.29, 0.717) is 12.8 Å². The van der Waals surface area contributed by atoms with Crippen LogP contribution in [0.5, 0.6) is 0 Å². The first-order chi connectivity index (χ1) is 9.61. The lowest BCUT2D eigenvalue weighted by Gasteiger charge is -2.46. The number of piperidine rings is 1. The molecular weight excluding hydrogens is 252 g/mol. The Balaban J connectivity index is 1.75. The first-order valence-electron chi connectivity index (χ1n) is 8.22. The Morgan fingerprint density at radius 1 is 0.900 bits per heavy atom. The number of hydrogen-bond acceptors (Lipinski definition) is 3. The molecule has 4 heteroatoms. The molecule has 3 fully saturated rings. The topological polar surface area (TPSA) is 63.4 Å². The van der Waals surface area contributed by atoms with Crippen molar-refractivity contribution in [3.05, 3.63) is 0 Å². The van der Waals surface area contributed by atoms with Crippen LogP contribution in [0.1, 0.15) is 70.6 Å². The minimum absolute atomic E-state index is 0.0122. The molecule has 0 aromatic rings. The summed E-state index contributed by atoms with van der Waals surface area (Å²) < 4.78 is 0. The van der Waals surface area contributed by atoms with Crippen molar-refractivity contribution in [2.24, 2.45) is 11.1 Å². The monoisotopic (exact) mass is 278 g/mol. The number of likely N-dealkylation sites (tertiary alicyclic amines) is 1. The number of hydrogen-bond donors (Lipinski definition) is 1. The second-order valence-corrected chi connectivity index (χ2v) is 7.09. The predicted molar refractivity (Wildman–Crippen MR) is 76.8 cm³/mol. The van der Waals surface area contributed by atoms with Crippen molar-refractivity contribution in [3.63, 3.8) is 0 Å². The molecule has 2 N–H and O–H groups in total. The lowest BCUT2D eigenvalue weighted by molar-refractivity contribution is -0.159. The second kappa shape index (κ2) is 5.47. The van der Waals surface area contributed by atoms with E-state index in [-0.39, 0.29) is 29.3 Å². The van der Waals surface area contributed by atoms with Gasteiger partial charge in [-0.05, 0) is 31.1 Å². The summed E-state index contributed by atoms with van der Waals surface area (Å²) in [5.74, 6) is 0.0935.